The van der Waals surface area contributed by atoms with Crippen molar-refractivity contribution < 1.29 is 14.3 Å². The number of carbonyl (C=O) groups excluding carboxylic acids is 2. The molecule has 132 valence electrons. The second-order valence-electron chi connectivity index (χ2n) is 7.42. The number of likely N-dealkylation sites (tertiary alicyclic amines) is 1. The Morgan fingerprint density at radius 1 is 1.17 bits per heavy atom. The van der Waals surface area contributed by atoms with Crippen LogP contribution in [0, 0.1) is 6.92 Å². The molecule has 1 fully saturated rings. The Morgan fingerprint density at radius 3 is 2.29 bits per heavy atom. The van der Waals surface area contributed by atoms with Gasteiger partial charge in [0.2, 0.25) is 5.91 Å². The minimum atomic E-state index is -0.597. The van der Waals surface area contributed by atoms with Crippen LogP contribution < -0.4 is 5.32 Å². The summed E-state index contributed by atoms with van der Waals surface area (Å²) in [6.07, 6.45) is 1.96. The molecule has 0 bridgehead atoms. The molecular formula is C19H28N2O3. The lowest BCUT2D eigenvalue weighted by Crippen LogP contribution is -2.50. The Kier molecular flexibility index (Phi) is 5.86. The van der Waals surface area contributed by atoms with E-state index in [0.29, 0.717) is 6.42 Å². The van der Waals surface area contributed by atoms with Crippen LogP contribution in [-0.2, 0) is 16.0 Å². The summed E-state index contributed by atoms with van der Waals surface area (Å²) in [5.74, 6) is -0.0288. The SMILES string of the molecule is Cc1ccc(CC(NC(=O)OC(C)(C)C)C(=O)N2CCCC2)cc1. The fourth-order valence-corrected chi connectivity index (χ4v) is 2.77. The molecule has 1 heterocycles. The van der Waals surface area contributed by atoms with Gasteiger partial charge in [-0.1, -0.05) is 29.8 Å². The van der Waals surface area contributed by atoms with Gasteiger partial charge in [-0.2, -0.15) is 0 Å². The summed E-state index contributed by atoms with van der Waals surface area (Å²) in [6, 6.07) is 7.42. The molecule has 1 saturated heterocycles. The highest BCUT2D eigenvalue weighted by molar-refractivity contribution is 5.86. The number of amides is 2. The molecule has 1 aromatic rings. The van der Waals surface area contributed by atoms with E-state index in [4.69, 9.17) is 4.74 Å². The number of hydrogen-bond donors (Lipinski definition) is 1. The average Bonchev–Trinajstić information content (AvgIpc) is 3.00. The number of alkyl carbamates (subject to hydrolysis) is 1. The molecule has 1 unspecified atom stereocenters. The van der Waals surface area contributed by atoms with Gasteiger partial charge in [0.25, 0.3) is 0 Å². The van der Waals surface area contributed by atoms with Crippen molar-refractivity contribution in [3.05, 3.63) is 35.4 Å². The highest BCUT2D eigenvalue weighted by Gasteiger charge is 2.29. The van der Waals surface area contributed by atoms with E-state index >= 15 is 0 Å². The fraction of sp³-hybridized carbons (Fsp3) is 0.579. The van der Waals surface area contributed by atoms with Crippen molar-refractivity contribution >= 4 is 12.0 Å². The molecular weight excluding hydrogens is 304 g/mol. The number of nitrogens with zero attached hydrogens (tertiary/aromatic N) is 1. The number of ether oxygens (including phenoxy) is 1. The van der Waals surface area contributed by atoms with E-state index in [1.165, 1.54) is 5.56 Å². The molecule has 1 aliphatic heterocycles. The van der Waals surface area contributed by atoms with Gasteiger partial charge in [-0.15, -0.1) is 0 Å². The zero-order chi connectivity index (χ0) is 17.7. The highest BCUT2D eigenvalue weighted by Crippen LogP contribution is 2.14. The summed E-state index contributed by atoms with van der Waals surface area (Å²) in [5.41, 5.74) is 1.60. The van der Waals surface area contributed by atoms with Crippen molar-refractivity contribution in [2.45, 2.75) is 58.6 Å². The van der Waals surface area contributed by atoms with Gasteiger partial charge in [0.1, 0.15) is 11.6 Å². The Bertz CT molecular complexity index is 569. The first-order valence-corrected chi connectivity index (χ1v) is 8.58. The number of aryl methyl sites for hydroxylation is 1. The highest BCUT2D eigenvalue weighted by atomic mass is 16.6. The number of rotatable bonds is 4. The topological polar surface area (TPSA) is 58.6 Å². The van der Waals surface area contributed by atoms with Gasteiger partial charge in [0, 0.05) is 19.5 Å². The molecule has 0 aromatic heterocycles. The molecule has 1 aromatic carbocycles. The summed E-state index contributed by atoms with van der Waals surface area (Å²) in [5, 5.41) is 2.76. The van der Waals surface area contributed by atoms with Crippen molar-refractivity contribution in [2.75, 3.05) is 13.1 Å². The molecule has 5 heteroatoms. The van der Waals surface area contributed by atoms with Gasteiger partial charge in [0.05, 0.1) is 0 Å². The van der Waals surface area contributed by atoms with Gasteiger partial charge in [-0.05, 0) is 46.1 Å². The lowest BCUT2D eigenvalue weighted by atomic mass is 10.0. The summed E-state index contributed by atoms with van der Waals surface area (Å²) in [7, 11) is 0. The third-order valence-electron chi connectivity index (χ3n) is 3.97. The molecule has 2 rings (SSSR count). The molecule has 1 N–H and O–H groups in total. The summed E-state index contributed by atoms with van der Waals surface area (Å²) < 4.78 is 5.32. The molecule has 24 heavy (non-hydrogen) atoms. The van der Waals surface area contributed by atoms with Crippen molar-refractivity contribution in [2.24, 2.45) is 0 Å². The van der Waals surface area contributed by atoms with Gasteiger partial charge in [0.15, 0.2) is 0 Å². The van der Waals surface area contributed by atoms with Crippen LogP contribution in [0.25, 0.3) is 0 Å². The predicted molar refractivity (Wildman–Crippen MR) is 93.9 cm³/mol. The van der Waals surface area contributed by atoms with E-state index in [0.717, 1.165) is 31.5 Å². The summed E-state index contributed by atoms with van der Waals surface area (Å²) in [6.45, 7) is 8.98. The molecule has 0 saturated carbocycles. The van der Waals surface area contributed by atoms with E-state index in [9.17, 15) is 9.59 Å². The smallest absolute Gasteiger partial charge is 0.408 e. The second-order valence-corrected chi connectivity index (χ2v) is 7.42. The number of carbonyl (C=O) groups is 2. The van der Waals surface area contributed by atoms with Crippen LogP contribution in [0.2, 0.25) is 0 Å². The lowest BCUT2D eigenvalue weighted by molar-refractivity contribution is -0.132. The Labute approximate surface area is 144 Å². The lowest BCUT2D eigenvalue weighted by Gasteiger charge is -2.26. The van der Waals surface area contributed by atoms with E-state index in [2.05, 4.69) is 5.32 Å². The molecule has 2 amide bonds. The van der Waals surface area contributed by atoms with E-state index in [-0.39, 0.29) is 5.91 Å². The number of benzene rings is 1. The second kappa shape index (κ2) is 7.69. The first kappa shape index (κ1) is 18.3. The van der Waals surface area contributed by atoms with Crippen molar-refractivity contribution in [1.82, 2.24) is 10.2 Å². The summed E-state index contributed by atoms with van der Waals surface area (Å²) >= 11 is 0. The van der Waals surface area contributed by atoms with Crippen LogP contribution in [0.1, 0.15) is 44.7 Å². The standard InChI is InChI=1S/C19H28N2O3/c1-14-7-9-15(10-8-14)13-16(17(22)21-11-5-6-12-21)20-18(23)24-19(2,3)4/h7-10,16H,5-6,11-13H2,1-4H3,(H,20,23). The summed E-state index contributed by atoms with van der Waals surface area (Å²) in [4.78, 5) is 26.7. The number of hydrogen-bond acceptors (Lipinski definition) is 3. The van der Waals surface area contributed by atoms with E-state index in [1.54, 1.807) is 0 Å². The predicted octanol–water partition coefficient (Wildman–Crippen LogP) is 3.05. The average molecular weight is 332 g/mol. The van der Waals surface area contributed by atoms with Crippen molar-refractivity contribution in [3.8, 4) is 0 Å². The minimum absolute atomic E-state index is 0.0288. The quantitative estimate of drug-likeness (QED) is 0.922. The fourth-order valence-electron chi connectivity index (χ4n) is 2.77. The zero-order valence-electron chi connectivity index (χ0n) is 15.1. The minimum Gasteiger partial charge on any atom is -0.444 e. The van der Waals surface area contributed by atoms with Crippen LogP contribution in [0.3, 0.4) is 0 Å². The van der Waals surface area contributed by atoms with Crippen molar-refractivity contribution in [1.29, 1.82) is 0 Å². The maximum Gasteiger partial charge on any atom is 0.408 e. The molecule has 0 spiro atoms. The van der Waals surface area contributed by atoms with E-state index < -0.39 is 17.7 Å². The van der Waals surface area contributed by atoms with Crippen LogP contribution >= 0.6 is 0 Å². The molecule has 5 nitrogen and oxygen atoms in total. The first-order valence-electron chi connectivity index (χ1n) is 8.58. The van der Waals surface area contributed by atoms with Crippen molar-refractivity contribution in [3.63, 3.8) is 0 Å². The Morgan fingerprint density at radius 2 is 1.75 bits per heavy atom. The van der Waals surface area contributed by atoms with Gasteiger partial charge >= 0.3 is 6.09 Å². The third kappa shape index (κ3) is 5.55. The van der Waals surface area contributed by atoms with Crippen LogP contribution in [0.4, 0.5) is 4.79 Å². The first-order chi connectivity index (χ1) is 11.2. The largest absolute Gasteiger partial charge is 0.444 e. The third-order valence-corrected chi connectivity index (χ3v) is 3.97. The number of nitrogens with one attached hydrogen (secondary N) is 1. The van der Waals surface area contributed by atoms with E-state index in [1.807, 2.05) is 56.9 Å². The maximum atomic E-state index is 12.8. The van der Waals surface area contributed by atoms with Crippen LogP contribution in [0.15, 0.2) is 24.3 Å². The van der Waals surface area contributed by atoms with Crippen LogP contribution in [0.5, 0.6) is 0 Å². The Balaban J connectivity index is 2.09. The monoisotopic (exact) mass is 332 g/mol. The molecule has 1 atom stereocenters. The molecule has 1 aliphatic rings. The maximum absolute atomic E-state index is 12.8. The van der Waals surface area contributed by atoms with Crippen LogP contribution in [-0.4, -0.2) is 41.6 Å². The molecule has 0 radical (unpaired) electrons. The van der Waals surface area contributed by atoms with Gasteiger partial charge in [-0.25, -0.2) is 4.79 Å². The van der Waals surface area contributed by atoms with Gasteiger partial charge in [-0.3, -0.25) is 4.79 Å². The molecule has 0 aliphatic carbocycles. The zero-order valence-corrected chi connectivity index (χ0v) is 15.1. The normalized spacial score (nSPS) is 15.9. The van der Waals surface area contributed by atoms with Gasteiger partial charge < -0.3 is 15.0 Å². The Hall–Kier alpha value is -2.04.